The predicted molar refractivity (Wildman–Crippen MR) is 166 cm³/mol. The van der Waals surface area contributed by atoms with Crippen LogP contribution in [0.1, 0.15) is 50.2 Å². The third kappa shape index (κ3) is 4.90. The average Bonchev–Trinajstić information content (AvgIpc) is 3.73. The number of alkyl halides is 1. The van der Waals surface area contributed by atoms with Gasteiger partial charge in [-0.3, -0.25) is 15.0 Å². The number of piperidine rings is 1. The second kappa shape index (κ2) is 11.3. The molecule has 3 saturated heterocycles. The minimum Gasteiger partial charge on any atom is -0.461 e. The van der Waals surface area contributed by atoms with Crippen molar-refractivity contribution in [3.8, 4) is 17.3 Å². The second-order valence-corrected chi connectivity index (χ2v) is 13.3. The third-order valence-corrected chi connectivity index (χ3v) is 10.4. The number of hydrogen-bond donors (Lipinski definition) is 1. The highest BCUT2D eigenvalue weighted by Crippen LogP contribution is 2.42. The van der Waals surface area contributed by atoms with Gasteiger partial charge in [-0.2, -0.15) is 15.1 Å². The highest BCUT2D eigenvalue weighted by atomic mass is 19.1. The molecule has 13 heteroatoms. The third-order valence-electron chi connectivity index (χ3n) is 10.4. The van der Waals surface area contributed by atoms with Gasteiger partial charge in [-0.25, -0.2) is 13.6 Å². The van der Waals surface area contributed by atoms with Crippen LogP contribution in [0.4, 0.5) is 19.4 Å². The Morgan fingerprint density at radius 3 is 2.96 bits per heavy atom. The molecule has 9 rings (SSSR count). The number of aromatic nitrogens is 5. The van der Waals surface area contributed by atoms with Gasteiger partial charge < -0.3 is 19.1 Å². The first kappa shape index (κ1) is 29.3. The van der Waals surface area contributed by atoms with E-state index in [0.717, 1.165) is 41.4 Å². The smallest absolute Gasteiger partial charge is 0.461 e. The maximum Gasteiger partial charge on any atom is 0.508 e. The van der Waals surface area contributed by atoms with Gasteiger partial charge in [0.2, 0.25) is 0 Å². The molecule has 242 valence electrons. The Bertz CT molecular complexity index is 1840. The molecule has 0 saturated carbocycles. The molecule has 5 aliphatic heterocycles. The molecule has 0 aliphatic carbocycles. The Morgan fingerprint density at radius 1 is 1.17 bits per heavy atom. The van der Waals surface area contributed by atoms with Gasteiger partial charge in [0.15, 0.2) is 5.82 Å². The van der Waals surface area contributed by atoms with Gasteiger partial charge in [-0.1, -0.05) is 6.92 Å². The number of aryl methyl sites for hydroxylation is 1. The summed E-state index contributed by atoms with van der Waals surface area (Å²) in [4.78, 5) is 31.1. The van der Waals surface area contributed by atoms with Crippen molar-refractivity contribution in [1.82, 2.24) is 30.0 Å². The molecule has 0 amide bonds. The van der Waals surface area contributed by atoms with E-state index in [1.165, 1.54) is 0 Å². The van der Waals surface area contributed by atoms with E-state index in [1.807, 2.05) is 24.8 Å². The molecule has 4 atom stereocenters. The largest absolute Gasteiger partial charge is 0.508 e. The first-order valence-electron chi connectivity index (χ1n) is 16.2. The monoisotopic (exact) mass is 633 g/mol. The lowest BCUT2D eigenvalue weighted by Gasteiger charge is -2.37. The number of rotatable bonds is 3. The zero-order valence-electron chi connectivity index (χ0n) is 26.0. The van der Waals surface area contributed by atoms with Crippen molar-refractivity contribution in [3.63, 3.8) is 0 Å². The lowest BCUT2D eigenvalue weighted by atomic mass is 9.92. The summed E-state index contributed by atoms with van der Waals surface area (Å²) in [6.45, 7) is 6.53. The Labute approximate surface area is 264 Å². The zero-order chi connectivity index (χ0) is 31.6. The molecule has 3 fully saturated rings. The highest BCUT2D eigenvalue weighted by Gasteiger charge is 2.49. The topological polar surface area (TPSA) is 119 Å². The van der Waals surface area contributed by atoms with E-state index < -0.39 is 29.8 Å². The number of benzene rings is 1. The number of H-pyrrole nitrogens is 1. The number of nitrogens with one attached hydrogen (secondary N) is 1. The lowest BCUT2D eigenvalue weighted by molar-refractivity contribution is 0.00102. The molecule has 8 heterocycles. The number of nitrogens with zero attached hydrogens (tertiary/aromatic N) is 6. The summed E-state index contributed by atoms with van der Waals surface area (Å²) >= 11 is 0. The molecule has 0 unspecified atom stereocenters. The van der Waals surface area contributed by atoms with Gasteiger partial charge in [-0.15, -0.1) is 0 Å². The quantitative estimate of drug-likeness (QED) is 0.299. The molecule has 5 aliphatic rings. The van der Waals surface area contributed by atoms with Gasteiger partial charge >= 0.3 is 12.2 Å². The van der Waals surface area contributed by atoms with Crippen molar-refractivity contribution in [2.75, 3.05) is 44.3 Å². The normalized spacial score (nSPS) is 26.8. The van der Waals surface area contributed by atoms with Crippen LogP contribution in [0.5, 0.6) is 6.01 Å². The van der Waals surface area contributed by atoms with Crippen LogP contribution in [-0.2, 0) is 15.9 Å². The molecular weight excluding hydrogens is 596 g/mol. The van der Waals surface area contributed by atoms with Crippen LogP contribution in [0.25, 0.3) is 33.1 Å². The molecule has 6 bridgehead atoms. The molecule has 1 aromatic carbocycles. The number of pyridine rings is 1. The Morgan fingerprint density at radius 2 is 2.07 bits per heavy atom. The van der Waals surface area contributed by atoms with Crippen molar-refractivity contribution in [1.29, 1.82) is 0 Å². The van der Waals surface area contributed by atoms with Crippen molar-refractivity contribution in [2.45, 2.75) is 70.2 Å². The molecule has 3 aromatic heterocycles. The van der Waals surface area contributed by atoms with Crippen molar-refractivity contribution < 1.29 is 27.8 Å². The first-order valence-corrected chi connectivity index (χ1v) is 16.2. The number of halogens is 2. The molecule has 0 radical (unpaired) electrons. The molecule has 4 aromatic rings. The van der Waals surface area contributed by atoms with Crippen LogP contribution in [0.3, 0.4) is 0 Å². The SMILES string of the molecule is Cc1cc2[nH]ncc2c2c1CCCOC(=O)O[C@H]1CN(CC[C@H]1C)c1nc(OC[C@@]34CCCN3C[C@H](F)C4)nc3c(F)c-2ncc13. The van der Waals surface area contributed by atoms with Crippen molar-refractivity contribution in [3.05, 3.63) is 35.4 Å². The number of aromatic amines is 1. The zero-order valence-corrected chi connectivity index (χ0v) is 26.0. The van der Waals surface area contributed by atoms with Gasteiger partial charge in [-0.05, 0) is 68.7 Å². The van der Waals surface area contributed by atoms with Crippen LogP contribution in [0.15, 0.2) is 18.5 Å². The fourth-order valence-electron chi connectivity index (χ4n) is 7.95. The van der Waals surface area contributed by atoms with Crippen molar-refractivity contribution in [2.24, 2.45) is 5.92 Å². The van der Waals surface area contributed by atoms with Crippen LogP contribution in [-0.4, -0.2) is 93.4 Å². The van der Waals surface area contributed by atoms with Crippen LogP contribution < -0.4 is 9.64 Å². The minimum absolute atomic E-state index is 0.0247. The fourth-order valence-corrected chi connectivity index (χ4v) is 7.95. The highest BCUT2D eigenvalue weighted by molar-refractivity contribution is 5.99. The van der Waals surface area contributed by atoms with E-state index in [9.17, 15) is 9.18 Å². The van der Waals surface area contributed by atoms with Crippen molar-refractivity contribution >= 4 is 33.8 Å². The molecule has 46 heavy (non-hydrogen) atoms. The van der Waals surface area contributed by atoms with Gasteiger partial charge in [0, 0.05) is 36.7 Å². The summed E-state index contributed by atoms with van der Waals surface area (Å²) < 4.78 is 49.1. The minimum atomic E-state index is -0.905. The average molecular weight is 634 g/mol. The fraction of sp³-hybridized carbons (Fsp3) is 0.545. The van der Waals surface area contributed by atoms with Gasteiger partial charge in [0.1, 0.15) is 35.9 Å². The van der Waals surface area contributed by atoms with E-state index in [-0.39, 0.29) is 36.4 Å². The number of ether oxygens (including phenoxy) is 3. The number of hydrogen-bond acceptors (Lipinski definition) is 10. The van der Waals surface area contributed by atoms with E-state index in [1.54, 1.807) is 12.4 Å². The van der Waals surface area contributed by atoms with Crippen LogP contribution in [0, 0.1) is 18.7 Å². The predicted octanol–water partition coefficient (Wildman–Crippen LogP) is 5.29. The van der Waals surface area contributed by atoms with Gasteiger partial charge in [0.25, 0.3) is 0 Å². The number of carbonyl (C=O) groups is 1. The van der Waals surface area contributed by atoms with E-state index >= 15 is 4.39 Å². The molecule has 0 spiro atoms. The summed E-state index contributed by atoms with van der Waals surface area (Å²) in [5, 5.41) is 8.39. The van der Waals surface area contributed by atoms with Gasteiger partial charge in [0.05, 0.1) is 35.8 Å². The maximum absolute atomic E-state index is 17.0. The van der Waals surface area contributed by atoms with E-state index in [2.05, 4.69) is 20.1 Å². The number of anilines is 1. The summed E-state index contributed by atoms with van der Waals surface area (Å²) in [6, 6.07) is 2.00. The van der Waals surface area contributed by atoms with Crippen LogP contribution >= 0.6 is 0 Å². The summed E-state index contributed by atoms with van der Waals surface area (Å²) in [7, 11) is 0. The Balaban J connectivity index is 1.29. The first-order chi connectivity index (χ1) is 22.3. The summed E-state index contributed by atoms with van der Waals surface area (Å²) in [6.07, 6.45) is 5.17. The Kier molecular flexibility index (Phi) is 7.18. The maximum atomic E-state index is 17.0. The Hall–Kier alpha value is -4.13. The standard InChI is InChI=1S/C33H37F2N7O4/c1-18-6-9-41-16-25(18)46-32(43)44-10-3-5-21-19(2)11-24-22(14-37-40-24)26(21)29-27(35)28-23(13-36-29)30(41)39-31(38-28)45-17-33-7-4-8-42(33)15-20(34)12-33/h11,13-14,18,20,25H,3-10,12,15-17H2,1-2H3,(H,37,40)/t18-,20-,25+,33+/m1/s1. The number of carbonyl (C=O) groups excluding carboxylic acids is 1. The number of fused-ring (bicyclic) bond motifs is 8. The van der Waals surface area contributed by atoms with E-state index in [0.29, 0.717) is 62.1 Å². The summed E-state index contributed by atoms with van der Waals surface area (Å²) in [5.41, 5.74) is 3.02. The molecule has 1 N–H and O–H groups in total. The second-order valence-electron chi connectivity index (χ2n) is 13.3. The summed E-state index contributed by atoms with van der Waals surface area (Å²) in [5.74, 6) is -0.0434. The lowest BCUT2D eigenvalue weighted by Crippen LogP contribution is -2.46. The van der Waals surface area contributed by atoms with Crippen LogP contribution in [0.2, 0.25) is 0 Å². The molecular formula is C33H37F2N7O4. The van der Waals surface area contributed by atoms with E-state index in [4.69, 9.17) is 24.2 Å². The molecule has 11 nitrogen and oxygen atoms in total.